The summed E-state index contributed by atoms with van der Waals surface area (Å²) in [5.74, 6) is 1.61. The minimum Gasteiger partial charge on any atom is -0.497 e. The molecule has 6 heteroatoms. The Balaban J connectivity index is 1.55. The van der Waals surface area contributed by atoms with Gasteiger partial charge in [-0.1, -0.05) is 0 Å². The molecule has 1 atom stereocenters. The maximum atomic E-state index is 12.3. The quantitative estimate of drug-likeness (QED) is 0.660. The van der Waals surface area contributed by atoms with Crippen LogP contribution in [0.2, 0.25) is 0 Å². The average molecular weight is 372 g/mol. The first-order valence-electron chi connectivity index (χ1n) is 8.92. The Bertz CT molecular complexity index is 750. The summed E-state index contributed by atoms with van der Waals surface area (Å²) in [6, 6.07) is 12.3. The zero-order valence-electron chi connectivity index (χ0n) is 15.6. The van der Waals surface area contributed by atoms with Crippen LogP contribution in [0.5, 0.6) is 17.2 Å². The average Bonchev–Trinajstić information content (AvgIpc) is 3.24. The van der Waals surface area contributed by atoms with Gasteiger partial charge in [0, 0.05) is 12.2 Å². The summed E-state index contributed by atoms with van der Waals surface area (Å²) in [6.45, 7) is 1.42. The maximum absolute atomic E-state index is 12.3. The molecule has 0 bridgehead atoms. The molecule has 0 saturated carbocycles. The van der Waals surface area contributed by atoms with Crippen LogP contribution < -0.4 is 14.2 Å². The van der Waals surface area contributed by atoms with Crippen molar-refractivity contribution in [3.8, 4) is 17.2 Å². The van der Waals surface area contributed by atoms with Crippen LogP contribution in [0.4, 0.5) is 0 Å². The van der Waals surface area contributed by atoms with E-state index >= 15 is 0 Å². The fraction of sp³-hybridized carbons (Fsp3) is 0.381. The van der Waals surface area contributed by atoms with Crippen molar-refractivity contribution >= 4 is 5.97 Å². The summed E-state index contributed by atoms with van der Waals surface area (Å²) in [5, 5.41) is 0. The zero-order chi connectivity index (χ0) is 19.1. The van der Waals surface area contributed by atoms with E-state index in [-0.39, 0.29) is 12.7 Å². The highest BCUT2D eigenvalue weighted by atomic mass is 16.5. The van der Waals surface area contributed by atoms with Crippen LogP contribution in [-0.2, 0) is 16.1 Å². The summed E-state index contributed by atoms with van der Waals surface area (Å²) in [4.78, 5) is 12.3. The van der Waals surface area contributed by atoms with Crippen molar-refractivity contribution in [2.24, 2.45) is 0 Å². The van der Waals surface area contributed by atoms with Gasteiger partial charge in [0.05, 0.1) is 25.9 Å². The molecule has 0 spiro atoms. The van der Waals surface area contributed by atoms with Gasteiger partial charge in [0.15, 0.2) is 0 Å². The molecule has 144 valence electrons. The van der Waals surface area contributed by atoms with Crippen molar-refractivity contribution in [2.45, 2.75) is 25.6 Å². The van der Waals surface area contributed by atoms with Gasteiger partial charge in [0.2, 0.25) is 0 Å². The molecule has 1 heterocycles. The first-order valence-corrected chi connectivity index (χ1v) is 8.92. The van der Waals surface area contributed by atoms with Crippen molar-refractivity contribution in [3.63, 3.8) is 0 Å². The van der Waals surface area contributed by atoms with E-state index < -0.39 is 5.97 Å². The second-order valence-corrected chi connectivity index (χ2v) is 6.22. The van der Waals surface area contributed by atoms with Gasteiger partial charge >= 0.3 is 5.97 Å². The third-order valence-corrected chi connectivity index (χ3v) is 4.40. The summed E-state index contributed by atoms with van der Waals surface area (Å²) in [7, 11) is 3.16. The largest absolute Gasteiger partial charge is 0.497 e. The predicted molar refractivity (Wildman–Crippen MR) is 99.6 cm³/mol. The summed E-state index contributed by atoms with van der Waals surface area (Å²) in [5.41, 5.74) is 1.20. The van der Waals surface area contributed by atoms with Gasteiger partial charge in [-0.15, -0.1) is 0 Å². The van der Waals surface area contributed by atoms with Gasteiger partial charge in [-0.2, -0.15) is 0 Å². The summed E-state index contributed by atoms with van der Waals surface area (Å²) < 4.78 is 27.1. The number of benzene rings is 2. The Labute approximate surface area is 158 Å². The Morgan fingerprint density at radius 1 is 1.07 bits per heavy atom. The number of carbonyl (C=O) groups excluding carboxylic acids is 1. The lowest BCUT2D eigenvalue weighted by atomic mass is 10.2. The number of ether oxygens (including phenoxy) is 5. The fourth-order valence-corrected chi connectivity index (χ4v) is 2.87. The Kier molecular flexibility index (Phi) is 6.54. The van der Waals surface area contributed by atoms with Crippen LogP contribution in [0.25, 0.3) is 0 Å². The highest BCUT2D eigenvalue weighted by molar-refractivity contribution is 5.89. The number of esters is 1. The van der Waals surface area contributed by atoms with Crippen LogP contribution >= 0.6 is 0 Å². The Morgan fingerprint density at radius 2 is 1.85 bits per heavy atom. The Morgan fingerprint density at radius 3 is 2.52 bits per heavy atom. The second kappa shape index (κ2) is 9.28. The predicted octanol–water partition coefficient (Wildman–Crippen LogP) is 3.62. The molecule has 2 aromatic rings. The normalized spacial score (nSPS) is 16.0. The van der Waals surface area contributed by atoms with Gasteiger partial charge in [-0.05, 0) is 55.3 Å². The van der Waals surface area contributed by atoms with Crippen molar-refractivity contribution in [3.05, 3.63) is 53.6 Å². The van der Waals surface area contributed by atoms with E-state index in [1.165, 1.54) is 0 Å². The molecule has 1 fully saturated rings. The molecular weight excluding hydrogens is 348 g/mol. The third-order valence-electron chi connectivity index (χ3n) is 4.40. The smallest absolute Gasteiger partial charge is 0.338 e. The number of rotatable bonds is 8. The molecular formula is C21H24O6. The van der Waals surface area contributed by atoms with Crippen molar-refractivity contribution in [1.82, 2.24) is 0 Å². The van der Waals surface area contributed by atoms with E-state index in [4.69, 9.17) is 23.7 Å². The molecule has 0 unspecified atom stereocenters. The van der Waals surface area contributed by atoms with Crippen LogP contribution in [-0.4, -0.2) is 39.5 Å². The molecule has 0 N–H and O–H groups in total. The van der Waals surface area contributed by atoms with E-state index in [1.807, 2.05) is 0 Å². The molecule has 27 heavy (non-hydrogen) atoms. The number of carbonyl (C=O) groups is 1. The monoisotopic (exact) mass is 372 g/mol. The van der Waals surface area contributed by atoms with E-state index in [2.05, 4.69) is 0 Å². The van der Waals surface area contributed by atoms with Gasteiger partial charge < -0.3 is 23.7 Å². The molecule has 0 aromatic heterocycles. The highest BCUT2D eigenvalue weighted by Crippen LogP contribution is 2.25. The SMILES string of the molecule is COc1ccc(OC)c(COC(=O)c2ccc(OC[C@H]3CCCO3)cc2)c1. The number of hydrogen-bond donors (Lipinski definition) is 0. The third kappa shape index (κ3) is 5.14. The van der Waals surface area contributed by atoms with Crippen LogP contribution in [0.15, 0.2) is 42.5 Å². The molecule has 2 aromatic carbocycles. The van der Waals surface area contributed by atoms with Crippen LogP contribution in [0.1, 0.15) is 28.8 Å². The number of hydrogen-bond acceptors (Lipinski definition) is 6. The van der Waals surface area contributed by atoms with E-state index in [1.54, 1.807) is 56.7 Å². The minimum absolute atomic E-state index is 0.0937. The standard InChI is InChI=1S/C21H24O6/c1-23-18-9-10-20(24-2)16(12-18)13-27-21(22)15-5-7-17(8-6-15)26-14-19-4-3-11-25-19/h5-10,12,19H,3-4,11,13-14H2,1-2H3/t19-/m1/s1. The second-order valence-electron chi connectivity index (χ2n) is 6.22. The molecule has 0 aliphatic carbocycles. The molecule has 3 rings (SSSR count). The first kappa shape index (κ1) is 19.0. The molecule has 6 nitrogen and oxygen atoms in total. The lowest BCUT2D eigenvalue weighted by Crippen LogP contribution is -2.16. The highest BCUT2D eigenvalue weighted by Gasteiger charge is 2.16. The van der Waals surface area contributed by atoms with E-state index in [9.17, 15) is 4.79 Å². The minimum atomic E-state index is -0.412. The van der Waals surface area contributed by atoms with Crippen molar-refractivity contribution in [2.75, 3.05) is 27.4 Å². The lowest BCUT2D eigenvalue weighted by molar-refractivity contribution is 0.0469. The zero-order valence-corrected chi connectivity index (χ0v) is 15.6. The van der Waals surface area contributed by atoms with Gasteiger partial charge in [0.25, 0.3) is 0 Å². The Hall–Kier alpha value is -2.73. The van der Waals surface area contributed by atoms with E-state index in [0.29, 0.717) is 29.4 Å². The summed E-state index contributed by atoms with van der Waals surface area (Å²) >= 11 is 0. The molecule has 1 aliphatic rings. The first-order chi connectivity index (χ1) is 13.2. The van der Waals surface area contributed by atoms with E-state index in [0.717, 1.165) is 25.0 Å². The number of methoxy groups -OCH3 is 2. The topological polar surface area (TPSA) is 63.2 Å². The van der Waals surface area contributed by atoms with Crippen LogP contribution in [0.3, 0.4) is 0 Å². The lowest BCUT2D eigenvalue weighted by Gasteiger charge is -2.12. The van der Waals surface area contributed by atoms with Crippen molar-refractivity contribution < 1.29 is 28.5 Å². The molecule has 1 saturated heterocycles. The molecule has 0 radical (unpaired) electrons. The van der Waals surface area contributed by atoms with Crippen molar-refractivity contribution in [1.29, 1.82) is 0 Å². The van der Waals surface area contributed by atoms with Gasteiger partial charge in [0.1, 0.15) is 30.5 Å². The van der Waals surface area contributed by atoms with Gasteiger partial charge in [-0.3, -0.25) is 0 Å². The molecule has 1 aliphatic heterocycles. The maximum Gasteiger partial charge on any atom is 0.338 e. The van der Waals surface area contributed by atoms with Gasteiger partial charge in [-0.25, -0.2) is 4.79 Å². The summed E-state index contributed by atoms with van der Waals surface area (Å²) in [6.07, 6.45) is 2.27. The van der Waals surface area contributed by atoms with Crippen LogP contribution in [0, 0.1) is 0 Å². The fourth-order valence-electron chi connectivity index (χ4n) is 2.87. The molecule has 0 amide bonds.